The maximum atomic E-state index is 11.3. The van der Waals surface area contributed by atoms with Crippen molar-refractivity contribution in [3.63, 3.8) is 0 Å². The highest BCUT2D eigenvalue weighted by Gasteiger charge is 2.17. The minimum atomic E-state index is -0.886. The molecule has 2 aromatic heterocycles. The Morgan fingerprint density at radius 1 is 1.13 bits per heavy atom. The minimum absolute atomic E-state index is 0.122. The van der Waals surface area contributed by atoms with Crippen molar-refractivity contribution in [2.45, 2.75) is 13.5 Å². The lowest BCUT2D eigenvalue weighted by Crippen LogP contribution is -2.10. The number of hydrogen-bond acceptors (Lipinski definition) is 2. The fraction of sp³-hybridized carbons (Fsp3) is 0.111. The summed E-state index contributed by atoms with van der Waals surface area (Å²) in [6.45, 7) is 1.91. The van der Waals surface area contributed by atoms with Gasteiger partial charge in [0.15, 0.2) is 0 Å². The molecule has 114 valence electrons. The summed E-state index contributed by atoms with van der Waals surface area (Å²) in [5.41, 5.74) is 4.82. The van der Waals surface area contributed by atoms with Gasteiger partial charge in [-0.25, -0.2) is 4.98 Å². The third-order valence-electron chi connectivity index (χ3n) is 4.00. The molecule has 0 atom stereocenters. The molecule has 5 heteroatoms. The summed E-state index contributed by atoms with van der Waals surface area (Å²) >= 11 is 0. The Bertz CT molecular complexity index is 1030. The molecule has 0 saturated heterocycles. The normalized spacial score (nSPS) is 11.3. The number of nitrogens with zero attached hydrogens (tertiary/aromatic N) is 3. The van der Waals surface area contributed by atoms with Crippen molar-refractivity contribution in [2.75, 3.05) is 0 Å². The number of rotatable bonds is 3. The molecule has 4 aromatic rings. The van der Waals surface area contributed by atoms with Gasteiger partial charge in [-0.05, 0) is 24.6 Å². The molecule has 0 aliphatic heterocycles. The van der Waals surface area contributed by atoms with Crippen LogP contribution in [0.2, 0.25) is 0 Å². The van der Waals surface area contributed by atoms with E-state index in [-0.39, 0.29) is 6.54 Å². The summed E-state index contributed by atoms with van der Waals surface area (Å²) in [6, 6.07) is 15.9. The summed E-state index contributed by atoms with van der Waals surface area (Å²) in [5, 5.41) is 9.28. The Morgan fingerprint density at radius 2 is 1.87 bits per heavy atom. The zero-order valence-corrected chi connectivity index (χ0v) is 12.6. The van der Waals surface area contributed by atoms with Crippen LogP contribution in [-0.2, 0) is 11.3 Å². The summed E-state index contributed by atoms with van der Waals surface area (Å²) < 4.78 is 3.69. The van der Waals surface area contributed by atoms with Crippen LogP contribution in [0.3, 0.4) is 0 Å². The fourth-order valence-corrected chi connectivity index (χ4v) is 2.89. The number of carbonyl (C=O) groups is 1. The summed E-state index contributed by atoms with van der Waals surface area (Å²) in [5.74, 6) is -0.243. The van der Waals surface area contributed by atoms with E-state index >= 15 is 0 Å². The van der Waals surface area contributed by atoms with Crippen molar-refractivity contribution >= 4 is 22.8 Å². The number of hydrogen-bond donors (Lipinski definition) is 1. The first-order valence-electron chi connectivity index (χ1n) is 7.38. The van der Waals surface area contributed by atoms with E-state index in [4.69, 9.17) is 0 Å². The molecular weight excluding hydrogens is 290 g/mol. The molecule has 0 fully saturated rings. The van der Waals surface area contributed by atoms with Crippen LogP contribution in [0, 0.1) is 6.92 Å². The van der Waals surface area contributed by atoms with Crippen LogP contribution in [0.1, 0.15) is 5.56 Å². The number of fused-ring (bicyclic) bond motifs is 3. The van der Waals surface area contributed by atoms with E-state index in [0.29, 0.717) is 5.78 Å². The molecule has 0 bridgehead atoms. The molecule has 0 saturated carbocycles. The predicted octanol–water partition coefficient (Wildman–Crippen LogP) is 3.35. The van der Waals surface area contributed by atoms with E-state index in [9.17, 15) is 9.90 Å². The first-order chi connectivity index (χ1) is 11.1. The summed E-state index contributed by atoms with van der Waals surface area (Å²) in [4.78, 5) is 15.9. The highest BCUT2D eigenvalue weighted by Crippen LogP contribution is 2.26. The van der Waals surface area contributed by atoms with Gasteiger partial charge in [0, 0.05) is 6.20 Å². The summed E-state index contributed by atoms with van der Waals surface area (Å²) in [6.07, 6.45) is 1.96. The number of aryl methyl sites for hydroxylation is 1. The van der Waals surface area contributed by atoms with Gasteiger partial charge in [-0.15, -0.1) is 0 Å². The Morgan fingerprint density at radius 3 is 2.61 bits per heavy atom. The first kappa shape index (κ1) is 13.6. The average Bonchev–Trinajstić information content (AvgIpc) is 3.05. The quantitative estimate of drug-likeness (QED) is 0.631. The Hall–Kier alpha value is -3.08. The third kappa shape index (κ3) is 2.17. The van der Waals surface area contributed by atoms with Gasteiger partial charge in [0.1, 0.15) is 6.54 Å². The number of aliphatic carboxylic acids is 1. The van der Waals surface area contributed by atoms with Crippen LogP contribution in [0.25, 0.3) is 28.1 Å². The predicted molar refractivity (Wildman–Crippen MR) is 88.5 cm³/mol. The van der Waals surface area contributed by atoms with Gasteiger partial charge in [0.25, 0.3) is 0 Å². The monoisotopic (exact) mass is 305 g/mol. The highest BCUT2D eigenvalue weighted by atomic mass is 16.4. The van der Waals surface area contributed by atoms with Crippen LogP contribution in [0.15, 0.2) is 54.7 Å². The molecule has 0 aliphatic carbocycles. The van der Waals surface area contributed by atoms with Crippen LogP contribution in [-0.4, -0.2) is 25.0 Å². The average molecular weight is 305 g/mol. The lowest BCUT2D eigenvalue weighted by molar-refractivity contribution is -0.137. The van der Waals surface area contributed by atoms with Gasteiger partial charge in [-0.1, -0.05) is 42.0 Å². The van der Waals surface area contributed by atoms with Crippen molar-refractivity contribution in [1.29, 1.82) is 0 Å². The Kier molecular flexibility index (Phi) is 2.94. The summed E-state index contributed by atoms with van der Waals surface area (Å²) in [7, 11) is 0. The number of para-hydroxylation sites is 2. The van der Waals surface area contributed by atoms with Gasteiger partial charge in [0.2, 0.25) is 5.78 Å². The van der Waals surface area contributed by atoms with Crippen LogP contribution in [0.4, 0.5) is 0 Å². The lowest BCUT2D eigenvalue weighted by Gasteiger charge is -2.06. The molecule has 0 unspecified atom stereocenters. The van der Waals surface area contributed by atoms with Gasteiger partial charge < -0.3 is 5.11 Å². The zero-order valence-electron chi connectivity index (χ0n) is 12.6. The lowest BCUT2D eigenvalue weighted by atomic mass is 10.1. The van der Waals surface area contributed by atoms with Crippen molar-refractivity contribution in [1.82, 2.24) is 14.0 Å². The van der Waals surface area contributed by atoms with Crippen LogP contribution in [0.5, 0.6) is 0 Å². The molecular formula is C18H15N3O2. The van der Waals surface area contributed by atoms with Crippen molar-refractivity contribution in [3.8, 4) is 11.3 Å². The highest BCUT2D eigenvalue weighted by molar-refractivity contribution is 5.82. The number of carboxylic acid groups (broad SMARTS) is 1. The maximum Gasteiger partial charge on any atom is 0.323 e. The number of benzene rings is 2. The molecule has 4 rings (SSSR count). The maximum absolute atomic E-state index is 11.3. The van der Waals surface area contributed by atoms with Gasteiger partial charge in [-0.3, -0.25) is 13.8 Å². The van der Waals surface area contributed by atoms with E-state index in [2.05, 4.69) is 4.98 Å². The smallest absolute Gasteiger partial charge is 0.323 e. The second kappa shape index (κ2) is 4.98. The van der Waals surface area contributed by atoms with E-state index in [1.807, 2.05) is 66.1 Å². The van der Waals surface area contributed by atoms with E-state index in [1.54, 1.807) is 4.57 Å². The van der Waals surface area contributed by atoms with Crippen molar-refractivity contribution < 1.29 is 9.90 Å². The molecule has 23 heavy (non-hydrogen) atoms. The fourth-order valence-electron chi connectivity index (χ4n) is 2.89. The Balaban J connectivity index is 2.02. The topological polar surface area (TPSA) is 59.5 Å². The molecule has 1 N–H and O–H groups in total. The molecule has 2 aromatic carbocycles. The van der Waals surface area contributed by atoms with Crippen LogP contribution >= 0.6 is 0 Å². The SMILES string of the molecule is Cc1ccc(-c2cn3c4ccccc4nc3n2CC(=O)O)cc1. The first-order valence-corrected chi connectivity index (χ1v) is 7.38. The standard InChI is InChI=1S/C18H15N3O2/c1-12-6-8-13(9-7-12)16-10-20-15-5-3-2-4-14(15)19-18(20)21(16)11-17(22)23/h2-10H,11H2,1H3,(H,22,23). The number of aromatic nitrogens is 3. The Labute approximate surface area is 132 Å². The second-order valence-corrected chi connectivity index (χ2v) is 5.63. The zero-order chi connectivity index (χ0) is 16.0. The van der Waals surface area contributed by atoms with E-state index < -0.39 is 5.97 Å². The molecule has 0 amide bonds. The number of imidazole rings is 2. The van der Waals surface area contributed by atoms with Gasteiger partial charge >= 0.3 is 5.97 Å². The second-order valence-electron chi connectivity index (χ2n) is 5.63. The van der Waals surface area contributed by atoms with E-state index in [0.717, 1.165) is 22.3 Å². The van der Waals surface area contributed by atoms with Gasteiger partial charge in [0.05, 0.1) is 16.7 Å². The van der Waals surface area contributed by atoms with Crippen molar-refractivity contribution in [2.24, 2.45) is 0 Å². The molecule has 5 nitrogen and oxygen atoms in total. The van der Waals surface area contributed by atoms with Crippen LogP contribution < -0.4 is 0 Å². The largest absolute Gasteiger partial charge is 0.480 e. The molecule has 0 radical (unpaired) electrons. The van der Waals surface area contributed by atoms with Crippen molar-refractivity contribution in [3.05, 3.63) is 60.3 Å². The number of carboxylic acids is 1. The molecule has 0 spiro atoms. The van der Waals surface area contributed by atoms with E-state index in [1.165, 1.54) is 5.56 Å². The molecule has 2 heterocycles. The molecule has 0 aliphatic rings. The van der Waals surface area contributed by atoms with Gasteiger partial charge in [-0.2, -0.15) is 0 Å². The minimum Gasteiger partial charge on any atom is -0.480 e. The third-order valence-corrected chi connectivity index (χ3v) is 4.00.